The van der Waals surface area contributed by atoms with Crippen molar-refractivity contribution in [3.63, 3.8) is 0 Å². The van der Waals surface area contributed by atoms with E-state index in [0.29, 0.717) is 0 Å². The molecule has 3 aromatic heterocycles. The summed E-state index contributed by atoms with van der Waals surface area (Å²) in [6, 6.07) is 10.4. The minimum absolute atomic E-state index is 0.892. The Hall–Kier alpha value is -2.75. The van der Waals surface area contributed by atoms with Gasteiger partial charge in [0.05, 0.1) is 11.2 Å². The number of rotatable bonds is 4. The number of hydrogen-bond acceptors (Lipinski definition) is 3. The van der Waals surface area contributed by atoms with Crippen LogP contribution in [0.1, 0.15) is 26.0 Å². The smallest absolute Gasteiger partial charge is 0.144 e. The quantitative estimate of drug-likeness (QED) is 0.552. The number of aryl methyl sites for hydroxylation is 2. The van der Waals surface area contributed by atoms with Crippen molar-refractivity contribution in [1.29, 1.82) is 0 Å². The molecule has 0 spiro atoms. The number of benzene rings is 1. The fourth-order valence-corrected chi connectivity index (χ4v) is 3.30. The lowest BCUT2D eigenvalue weighted by Crippen LogP contribution is -1.97. The Bertz CT molecular complexity index is 1020. The molecule has 4 heteroatoms. The molecular weight excluding hydrogens is 296 g/mol. The fraction of sp³-hybridized carbons (Fsp3) is 0.250. The van der Waals surface area contributed by atoms with Gasteiger partial charge in [-0.3, -0.25) is 4.98 Å². The van der Waals surface area contributed by atoms with Crippen LogP contribution in [-0.4, -0.2) is 19.5 Å². The first kappa shape index (κ1) is 14.8. The molecule has 120 valence electrons. The minimum atomic E-state index is 0.892. The molecule has 0 bridgehead atoms. The van der Waals surface area contributed by atoms with Gasteiger partial charge in [0.1, 0.15) is 12.0 Å². The summed E-state index contributed by atoms with van der Waals surface area (Å²) in [6.45, 7) is 5.28. The predicted octanol–water partition coefficient (Wildman–Crippen LogP) is 4.62. The number of aromatic nitrogens is 4. The van der Waals surface area contributed by atoms with Crippen LogP contribution in [0.2, 0.25) is 0 Å². The molecule has 4 rings (SSSR count). The molecule has 0 saturated carbocycles. The highest BCUT2D eigenvalue weighted by Gasteiger charge is 2.15. The van der Waals surface area contributed by atoms with Crippen molar-refractivity contribution in [2.24, 2.45) is 0 Å². The normalized spacial score (nSPS) is 11.4. The molecule has 4 nitrogen and oxygen atoms in total. The molecule has 3 heterocycles. The van der Waals surface area contributed by atoms with Gasteiger partial charge in [-0.25, -0.2) is 9.97 Å². The second kappa shape index (κ2) is 6.04. The van der Waals surface area contributed by atoms with E-state index in [9.17, 15) is 0 Å². The van der Waals surface area contributed by atoms with Gasteiger partial charge in [0, 0.05) is 40.8 Å². The maximum atomic E-state index is 4.63. The van der Waals surface area contributed by atoms with Gasteiger partial charge in [-0.05, 0) is 25.0 Å². The zero-order valence-electron chi connectivity index (χ0n) is 14.0. The van der Waals surface area contributed by atoms with Gasteiger partial charge in [-0.15, -0.1) is 0 Å². The van der Waals surface area contributed by atoms with Crippen molar-refractivity contribution < 1.29 is 0 Å². The van der Waals surface area contributed by atoms with Crippen LogP contribution in [0.25, 0.3) is 33.1 Å². The molecule has 0 unspecified atom stereocenters. The summed E-state index contributed by atoms with van der Waals surface area (Å²) in [4.78, 5) is 13.7. The van der Waals surface area contributed by atoms with Crippen LogP contribution >= 0.6 is 0 Å². The highest BCUT2D eigenvalue weighted by Crippen LogP contribution is 2.32. The topological polar surface area (TPSA) is 43.6 Å². The summed E-state index contributed by atoms with van der Waals surface area (Å²) < 4.78 is 2.24. The van der Waals surface area contributed by atoms with Crippen molar-refractivity contribution >= 4 is 21.9 Å². The number of hydrogen-bond donors (Lipinski definition) is 0. The summed E-state index contributed by atoms with van der Waals surface area (Å²) in [7, 11) is 0. The van der Waals surface area contributed by atoms with E-state index in [1.807, 2.05) is 18.3 Å². The lowest BCUT2D eigenvalue weighted by atomic mass is 10.0. The van der Waals surface area contributed by atoms with Crippen molar-refractivity contribution in [3.05, 3.63) is 54.7 Å². The first-order valence-electron chi connectivity index (χ1n) is 8.49. The molecular formula is C20H20N4. The lowest BCUT2D eigenvalue weighted by Gasteiger charge is -2.04. The standard InChI is InChI=1S/C20H20N4/c1-3-9-24-12-16(19-17(4-2)22-13-23-20(19)24)15-10-14-7-5-6-8-18(14)21-11-15/h5-8,10-13H,3-4,9H2,1-2H3. The number of para-hydroxylation sites is 1. The van der Waals surface area contributed by atoms with E-state index in [2.05, 4.69) is 57.8 Å². The molecule has 0 atom stereocenters. The van der Waals surface area contributed by atoms with Crippen molar-refractivity contribution in [2.75, 3.05) is 0 Å². The van der Waals surface area contributed by atoms with Crippen LogP contribution in [0, 0.1) is 0 Å². The summed E-state index contributed by atoms with van der Waals surface area (Å²) in [6.07, 6.45) is 7.80. The largest absolute Gasteiger partial charge is 0.332 e. The SMILES string of the molecule is CCCn1cc(-c2cnc3ccccc3c2)c2c(CC)ncnc21. The number of pyridine rings is 1. The van der Waals surface area contributed by atoms with Crippen LogP contribution in [-0.2, 0) is 13.0 Å². The average Bonchev–Trinajstić information content (AvgIpc) is 3.00. The molecule has 0 radical (unpaired) electrons. The van der Waals surface area contributed by atoms with E-state index in [1.165, 1.54) is 5.56 Å². The van der Waals surface area contributed by atoms with E-state index in [0.717, 1.165) is 52.6 Å². The first-order chi connectivity index (χ1) is 11.8. The molecule has 0 fully saturated rings. The van der Waals surface area contributed by atoms with E-state index in [-0.39, 0.29) is 0 Å². The monoisotopic (exact) mass is 316 g/mol. The third-order valence-corrected chi connectivity index (χ3v) is 4.43. The van der Waals surface area contributed by atoms with Gasteiger partial charge in [0.2, 0.25) is 0 Å². The minimum Gasteiger partial charge on any atom is -0.332 e. The molecule has 0 aliphatic heterocycles. The summed E-state index contributed by atoms with van der Waals surface area (Å²) in [5, 5.41) is 2.31. The fourth-order valence-electron chi connectivity index (χ4n) is 3.30. The van der Waals surface area contributed by atoms with Crippen LogP contribution in [0.3, 0.4) is 0 Å². The molecule has 0 aliphatic rings. The van der Waals surface area contributed by atoms with E-state index in [1.54, 1.807) is 6.33 Å². The van der Waals surface area contributed by atoms with Gasteiger partial charge >= 0.3 is 0 Å². The molecule has 24 heavy (non-hydrogen) atoms. The van der Waals surface area contributed by atoms with Crippen LogP contribution in [0.15, 0.2) is 49.1 Å². The van der Waals surface area contributed by atoms with Crippen molar-refractivity contribution in [2.45, 2.75) is 33.2 Å². The van der Waals surface area contributed by atoms with Gasteiger partial charge < -0.3 is 4.57 Å². The number of fused-ring (bicyclic) bond motifs is 2. The number of nitrogens with zero attached hydrogens (tertiary/aromatic N) is 4. The Morgan fingerprint density at radius 2 is 1.92 bits per heavy atom. The molecule has 1 aromatic carbocycles. The van der Waals surface area contributed by atoms with Crippen LogP contribution in [0.5, 0.6) is 0 Å². The summed E-state index contributed by atoms with van der Waals surface area (Å²) >= 11 is 0. The maximum Gasteiger partial charge on any atom is 0.144 e. The third-order valence-electron chi connectivity index (χ3n) is 4.43. The summed E-state index contributed by atoms with van der Waals surface area (Å²) in [5.41, 5.74) is 5.43. The lowest BCUT2D eigenvalue weighted by molar-refractivity contribution is 0.697. The highest BCUT2D eigenvalue weighted by molar-refractivity contribution is 5.97. The molecule has 0 saturated heterocycles. The Balaban J connectivity index is 2.00. The van der Waals surface area contributed by atoms with E-state index < -0.39 is 0 Å². The predicted molar refractivity (Wildman–Crippen MR) is 97.9 cm³/mol. The maximum absolute atomic E-state index is 4.63. The molecule has 0 amide bonds. The Morgan fingerprint density at radius 3 is 2.75 bits per heavy atom. The third kappa shape index (κ3) is 2.35. The second-order valence-electron chi connectivity index (χ2n) is 6.03. The Kier molecular flexibility index (Phi) is 3.73. The first-order valence-corrected chi connectivity index (χ1v) is 8.49. The second-order valence-corrected chi connectivity index (χ2v) is 6.03. The van der Waals surface area contributed by atoms with Crippen LogP contribution in [0.4, 0.5) is 0 Å². The zero-order chi connectivity index (χ0) is 16.5. The van der Waals surface area contributed by atoms with E-state index in [4.69, 9.17) is 0 Å². The Morgan fingerprint density at radius 1 is 1.04 bits per heavy atom. The highest BCUT2D eigenvalue weighted by atomic mass is 15.0. The van der Waals surface area contributed by atoms with Gasteiger partial charge in [0.25, 0.3) is 0 Å². The zero-order valence-corrected chi connectivity index (χ0v) is 14.0. The van der Waals surface area contributed by atoms with Gasteiger partial charge in [-0.1, -0.05) is 32.0 Å². The molecule has 0 N–H and O–H groups in total. The Labute approximate surface area is 141 Å². The van der Waals surface area contributed by atoms with Crippen LogP contribution < -0.4 is 0 Å². The molecule has 4 aromatic rings. The summed E-state index contributed by atoms with van der Waals surface area (Å²) in [5.74, 6) is 0. The molecule has 0 aliphatic carbocycles. The van der Waals surface area contributed by atoms with Gasteiger partial charge in [-0.2, -0.15) is 0 Å². The van der Waals surface area contributed by atoms with Crippen molar-refractivity contribution in [1.82, 2.24) is 19.5 Å². The van der Waals surface area contributed by atoms with Gasteiger partial charge in [0.15, 0.2) is 0 Å². The average molecular weight is 316 g/mol. The van der Waals surface area contributed by atoms with Crippen molar-refractivity contribution in [3.8, 4) is 11.1 Å². The van der Waals surface area contributed by atoms with E-state index >= 15 is 0 Å².